The van der Waals surface area contributed by atoms with Crippen molar-refractivity contribution in [2.75, 3.05) is 31.3 Å². The van der Waals surface area contributed by atoms with Gasteiger partial charge in [0.1, 0.15) is 18.5 Å². The van der Waals surface area contributed by atoms with E-state index < -0.39 is 0 Å². The van der Waals surface area contributed by atoms with Gasteiger partial charge in [0.2, 0.25) is 0 Å². The van der Waals surface area contributed by atoms with E-state index in [-0.39, 0.29) is 6.10 Å². The van der Waals surface area contributed by atoms with Gasteiger partial charge in [-0.15, -0.1) is 0 Å². The fourth-order valence-electron chi connectivity index (χ4n) is 3.95. The van der Waals surface area contributed by atoms with Gasteiger partial charge in [0.15, 0.2) is 0 Å². The Morgan fingerprint density at radius 1 is 0.594 bits per heavy atom. The first-order valence-corrected chi connectivity index (χ1v) is 11.4. The first kappa shape index (κ1) is 19.8. The molecule has 3 aliphatic rings. The third-order valence-electron chi connectivity index (χ3n) is 6.05. The molecule has 0 N–H and O–H groups in total. The number of nitrogens with zero attached hydrogens (tertiary/aromatic N) is 1. The molecule has 0 amide bonds. The largest absolute Gasteiger partial charge is 0.491 e. The number of rotatable bonds is 10. The van der Waals surface area contributed by atoms with Crippen LogP contribution in [0.25, 0.3) is 0 Å². The summed E-state index contributed by atoms with van der Waals surface area (Å²) in [5.74, 6) is 0.865. The van der Waals surface area contributed by atoms with Gasteiger partial charge < -0.3 is 23.8 Å². The fourth-order valence-corrected chi connectivity index (χ4v) is 3.95. The average Bonchev–Trinajstić information content (AvgIpc) is 3.67. The van der Waals surface area contributed by atoms with Gasteiger partial charge in [-0.05, 0) is 59.7 Å². The van der Waals surface area contributed by atoms with Crippen molar-refractivity contribution in [3.63, 3.8) is 0 Å². The van der Waals surface area contributed by atoms with Gasteiger partial charge in [-0.2, -0.15) is 0 Å². The van der Waals surface area contributed by atoms with Crippen LogP contribution in [0.5, 0.6) is 5.75 Å². The fraction of sp³-hybridized carbons (Fsp3) is 0.333. The molecule has 3 aromatic rings. The normalized spacial score (nSPS) is 22.9. The highest BCUT2D eigenvalue weighted by Crippen LogP contribution is 2.36. The summed E-state index contributed by atoms with van der Waals surface area (Å²) in [6.45, 7) is 3.18. The Labute approximate surface area is 188 Å². The van der Waals surface area contributed by atoms with E-state index in [9.17, 15) is 0 Å². The van der Waals surface area contributed by atoms with E-state index >= 15 is 0 Å². The highest BCUT2D eigenvalue weighted by atomic mass is 16.6. The molecule has 0 bridgehead atoms. The first-order valence-electron chi connectivity index (χ1n) is 11.4. The Morgan fingerprint density at radius 2 is 1.00 bits per heavy atom. The van der Waals surface area contributed by atoms with Crippen LogP contribution in [0.3, 0.4) is 0 Å². The minimum absolute atomic E-state index is 0.255. The topological polar surface area (TPSA) is 50.1 Å². The molecule has 0 saturated carbocycles. The molecule has 0 aliphatic carbocycles. The molecule has 3 heterocycles. The summed E-state index contributed by atoms with van der Waals surface area (Å²) in [6, 6.07) is 25.9. The summed E-state index contributed by atoms with van der Waals surface area (Å²) in [5, 5.41) is 0. The Bertz CT molecular complexity index is 979. The van der Waals surface area contributed by atoms with E-state index in [0.717, 1.165) is 55.5 Å². The third kappa shape index (κ3) is 4.96. The SMILES string of the molecule is c1cc(N(c2ccc(CC3CO3)cc2)c2ccc(OCC3CO3)cc2)ccc1CC1CO1. The van der Waals surface area contributed by atoms with E-state index in [4.69, 9.17) is 18.9 Å². The number of hydrogen-bond donors (Lipinski definition) is 0. The molecule has 3 aliphatic heterocycles. The zero-order chi connectivity index (χ0) is 21.3. The lowest BCUT2D eigenvalue weighted by Gasteiger charge is -2.26. The zero-order valence-corrected chi connectivity index (χ0v) is 18.0. The van der Waals surface area contributed by atoms with Gasteiger partial charge in [-0.1, -0.05) is 24.3 Å². The van der Waals surface area contributed by atoms with Crippen LogP contribution in [-0.2, 0) is 27.1 Å². The van der Waals surface area contributed by atoms with Crippen molar-refractivity contribution in [3.05, 3.63) is 83.9 Å². The van der Waals surface area contributed by atoms with Crippen LogP contribution in [0, 0.1) is 0 Å². The van der Waals surface area contributed by atoms with Crippen LogP contribution >= 0.6 is 0 Å². The second-order valence-electron chi connectivity index (χ2n) is 8.75. The molecule has 5 heteroatoms. The van der Waals surface area contributed by atoms with Gasteiger partial charge >= 0.3 is 0 Å². The van der Waals surface area contributed by atoms with Crippen LogP contribution in [0.2, 0.25) is 0 Å². The molecular formula is C27H27NO4. The van der Waals surface area contributed by atoms with Crippen molar-refractivity contribution in [2.45, 2.75) is 31.2 Å². The van der Waals surface area contributed by atoms with Crippen molar-refractivity contribution in [3.8, 4) is 5.75 Å². The number of benzene rings is 3. The number of hydrogen-bond acceptors (Lipinski definition) is 5. The van der Waals surface area contributed by atoms with E-state index in [1.807, 2.05) is 12.1 Å². The van der Waals surface area contributed by atoms with E-state index in [1.165, 1.54) is 11.1 Å². The molecule has 5 nitrogen and oxygen atoms in total. The van der Waals surface area contributed by atoms with Crippen molar-refractivity contribution in [2.24, 2.45) is 0 Å². The first-order chi connectivity index (χ1) is 15.8. The molecule has 3 fully saturated rings. The molecule has 6 rings (SSSR count). The molecule has 0 aromatic heterocycles. The maximum Gasteiger partial charge on any atom is 0.119 e. The summed E-state index contributed by atoms with van der Waals surface area (Å²) < 4.78 is 21.8. The maximum absolute atomic E-state index is 5.83. The van der Waals surface area contributed by atoms with Crippen molar-refractivity contribution in [1.29, 1.82) is 0 Å². The molecule has 3 atom stereocenters. The van der Waals surface area contributed by atoms with Crippen LogP contribution in [0.15, 0.2) is 72.8 Å². The Morgan fingerprint density at radius 3 is 1.41 bits per heavy atom. The summed E-state index contributed by atoms with van der Waals surface area (Å²) in [4.78, 5) is 2.28. The molecule has 3 unspecified atom stereocenters. The minimum Gasteiger partial charge on any atom is -0.491 e. The highest BCUT2D eigenvalue weighted by Gasteiger charge is 2.24. The third-order valence-corrected chi connectivity index (χ3v) is 6.05. The lowest BCUT2D eigenvalue weighted by atomic mass is 10.1. The summed E-state index contributed by atoms with van der Waals surface area (Å²) >= 11 is 0. The molecule has 0 radical (unpaired) electrons. The molecule has 32 heavy (non-hydrogen) atoms. The Hall–Kier alpha value is -2.86. The van der Waals surface area contributed by atoms with E-state index in [1.54, 1.807) is 0 Å². The lowest BCUT2D eigenvalue weighted by Crippen LogP contribution is -2.10. The Balaban J connectivity index is 1.26. The number of anilines is 3. The van der Waals surface area contributed by atoms with Crippen LogP contribution < -0.4 is 9.64 Å². The summed E-state index contributed by atoms with van der Waals surface area (Å²) in [5.41, 5.74) is 5.97. The quantitative estimate of drug-likeness (QED) is 0.433. The number of ether oxygens (including phenoxy) is 4. The van der Waals surface area contributed by atoms with Gasteiger partial charge in [0.05, 0.1) is 32.0 Å². The van der Waals surface area contributed by atoms with Gasteiger partial charge in [0.25, 0.3) is 0 Å². The highest BCUT2D eigenvalue weighted by molar-refractivity contribution is 5.76. The van der Waals surface area contributed by atoms with Crippen LogP contribution in [0.1, 0.15) is 11.1 Å². The van der Waals surface area contributed by atoms with Crippen molar-refractivity contribution in [1.82, 2.24) is 0 Å². The van der Waals surface area contributed by atoms with Crippen molar-refractivity contribution >= 4 is 17.1 Å². The molecule has 0 spiro atoms. The standard InChI is InChI=1S/C27H27NO4/c1-5-21(6-2-19(1)13-25-15-30-25)28(22-7-3-20(4-8-22)14-26-16-31-26)23-9-11-24(12-10-23)29-17-27-18-32-27/h1-12,25-27H,13-18H2. The maximum atomic E-state index is 5.83. The van der Waals surface area contributed by atoms with Crippen LogP contribution in [0.4, 0.5) is 17.1 Å². The average molecular weight is 430 g/mol. The van der Waals surface area contributed by atoms with E-state index in [0.29, 0.717) is 18.8 Å². The second-order valence-corrected chi connectivity index (χ2v) is 8.75. The van der Waals surface area contributed by atoms with Gasteiger partial charge in [-0.3, -0.25) is 0 Å². The summed E-state index contributed by atoms with van der Waals surface area (Å²) in [7, 11) is 0. The molecule has 3 saturated heterocycles. The zero-order valence-electron chi connectivity index (χ0n) is 18.0. The summed E-state index contributed by atoms with van der Waals surface area (Å²) in [6.07, 6.45) is 3.01. The predicted molar refractivity (Wildman–Crippen MR) is 123 cm³/mol. The lowest BCUT2D eigenvalue weighted by molar-refractivity contribution is 0.263. The second kappa shape index (κ2) is 8.58. The van der Waals surface area contributed by atoms with Gasteiger partial charge in [0, 0.05) is 29.9 Å². The molecular weight excluding hydrogens is 402 g/mol. The van der Waals surface area contributed by atoms with Crippen molar-refractivity contribution < 1.29 is 18.9 Å². The smallest absolute Gasteiger partial charge is 0.119 e. The predicted octanol–water partition coefficient (Wildman–Crippen LogP) is 4.82. The number of epoxide rings is 3. The van der Waals surface area contributed by atoms with Crippen LogP contribution in [-0.4, -0.2) is 44.7 Å². The van der Waals surface area contributed by atoms with Gasteiger partial charge in [-0.25, -0.2) is 0 Å². The Kier molecular flexibility index (Phi) is 5.31. The molecule has 3 aromatic carbocycles. The molecule has 164 valence electrons. The minimum atomic E-state index is 0.255. The monoisotopic (exact) mass is 429 g/mol. The van der Waals surface area contributed by atoms with E-state index in [2.05, 4.69) is 65.6 Å².